The second-order valence-electron chi connectivity index (χ2n) is 4.65. The van der Waals surface area contributed by atoms with E-state index in [1.54, 1.807) is 24.5 Å². The number of hydrazone groups is 1. The van der Waals surface area contributed by atoms with Crippen LogP contribution in [0.5, 0.6) is 0 Å². The molecular weight excluding hydrogens is 292 g/mol. The van der Waals surface area contributed by atoms with Crippen molar-refractivity contribution in [1.29, 1.82) is 0 Å². The Morgan fingerprint density at radius 3 is 2.55 bits per heavy atom. The van der Waals surface area contributed by atoms with Crippen LogP contribution in [-0.4, -0.2) is 21.8 Å². The SMILES string of the molecule is CC(=O)N1N=C(c2ccncc2)OC1c1ccc(F)c(F)c1. The van der Waals surface area contributed by atoms with Gasteiger partial charge < -0.3 is 4.74 Å². The molecule has 0 saturated carbocycles. The number of ether oxygens (including phenoxy) is 1. The van der Waals surface area contributed by atoms with Crippen molar-refractivity contribution in [3.8, 4) is 0 Å². The highest BCUT2D eigenvalue weighted by molar-refractivity contribution is 5.96. The Morgan fingerprint density at radius 1 is 1.18 bits per heavy atom. The maximum Gasteiger partial charge on any atom is 0.243 e. The van der Waals surface area contributed by atoms with Crippen molar-refractivity contribution >= 4 is 11.8 Å². The highest BCUT2D eigenvalue weighted by Gasteiger charge is 2.33. The lowest BCUT2D eigenvalue weighted by atomic mass is 10.2. The average Bonchev–Trinajstić information content (AvgIpc) is 2.96. The topological polar surface area (TPSA) is 54.8 Å². The van der Waals surface area contributed by atoms with Gasteiger partial charge in [0.1, 0.15) is 0 Å². The summed E-state index contributed by atoms with van der Waals surface area (Å²) >= 11 is 0. The van der Waals surface area contributed by atoms with Crippen molar-refractivity contribution in [3.05, 3.63) is 65.5 Å². The quantitative estimate of drug-likeness (QED) is 0.857. The molecule has 0 spiro atoms. The van der Waals surface area contributed by atoms with E-state index in [1.807, 2.05) is 0 Å². The third-order valence-electron chi connectivity index (χ3n) is 3.12. The van der Waals surface area contributed by atoms with Crippen molar-refractivity contribution in [1.82, 2.24) is 9.99 Å². The summed E-state index contributed by atoms with van der Waals surface area (Å²) in [4.78, 5) is 15.6. The van der Waals surface area contributed by atoms with Crippen LogP contribution >= 0.6 is 0 Å². The molecule has 0 fully saturated rings. The number of amides is 1. The Kier molecular flexibility index (Phi) is 3.54. The van der Waals surface area contributed by atoms with E-state index in [-0.39, 0.29) is 11.8 Å². The second kappa shape index (κ2) is 5.51. The largest absolute Gasteiger partial charge is 0.446 e. The number of hydrogen-bond donors (Lipinski definition) is 0. The molecule has 1 atom stereocenters. The smallest absolute Gasteiger partial charge is 0.243 e. The predicted octanol–water partition coefficient (Wildman–Crippen LogP) is 2.60. The number of hydrogen-bond acceptors (Lipinski definition) is 4. The van der Waals surface area contributed by atoms with Crippen LogP contribution in [0.1, 0.15) is 24.3 Å². The highest BCUT2D eigenvalue weighted by Crippen LogP contribution is 2.30. The fourth-order valence-corrected chi connectivity index (χ4v) is 2.06. The molecule has 3 rings (SSSR count). The van der Waals surface area contributed by atoms with E-state index < -0.39 is 17.9 Å². The number of nitrogens with zero attached hydrogens (tertiary/aromatic N) is 3. The van der Waals surface area contributed by atoms with E-state index in [1.165, 1.54) is 13.0 Å². The third kappa shape index (κ3) is 2.52. The average molecular weight is 303 g/mol. The Balaban J connectivity index is 1.96. The Labute approximate surface area is 124 Å². The minimum atomic E-state index is -1.01. The predicted molar refractivity (Wildman–Crippen MR) is 73.5 cm³/mol. The third-order valence-corrected chi connectivity index (χ3v) is 3.12. The molecule has 5 nitrogen and oxygen atoms in total. The van der Waals surface area contributed by atoms with Gasteiger partial charge in [0.2, 0.25) is 18.0 Å². The molecule has 1 amide bonds. The monoisotopic (exact) mass is 303 g/mol. The van der Waals surface area contributed by atoms with Gasteiger partial charge in [-0.25, -0.2) is 8.78 Å². The number of halogens is 2. The van der Waals surface area contributed by atoms with Gasteiger partial charge in [0.15, 0.2) is 11.6 Å². The lowest BCUT2D eigenvalue weighted by Gasteiger charge is -2.19. The van der Waals surface area contributed by atoms with Crippen molar-refractivity contribution in [2.24, 2.45) is 5.10 Å². The molecule has 7 heteroatoms. The molecule has 2 aromatic rings. The summed E-state index contributed by atoms with van der Waals surface area (Å²) in [6.07, 6.45) is 2.18. The summed E-state index contributed by atoms with van der Waals surface area (Å²) in [6, 6.07) is 6.66. The van der Waals surface area contributed by atoms with Gasteiger partial charge in [-0.1, -0.05) is 6.07 Å². The van der Waals surface area contributed by atoms with Crippen molar-refractivity contribution in [2.45, 2.75) is 13.2 Å². The zero-order valence-electron chi connectivity index (χ0n) is 11.5. The summed E-state index contributed by atoms with van der Waals surface area (Å²) in [5.41, 5.74) is 0.924. The molecular formula is C15H11F2N3O2. The summed E-state index contributed by atoms with van der Waals surface area (Å²) in [7, 11) is 0. The van der Waals surface area contributed by atoms with Crippen LogP contribution in [0.15, 0.2) is 47.8 Å². The Hall–Kier alpha value is -2.83. The van der Waals surface area contributed by atoms with Gasteiger partial charge in [-0.05, 0) is 24.3 Å². The highest BCUT2D eigenvalue weighted by atomic mass is 19.2. The number of pyridine rings is 1. The zero-order valence-corrected chi connectivity index (χ0v) is 11.5. The molecule has 0 aliphatic carbocycles. The van der Waals surface area contributed by atoms with Crippen LogP contribution in [0.2, 0.25) is 0 Å². The zero-order chi connectivity index (χ0) is 15.7. The molecule has 1 aromatic carbocycles. The van der Waals surface area contributed by atoms with Crippen molar-refractivity contribution in [2.75, 3.05) is 0 Å². The minimum Gasteiger partial charge on any atom is -0.446 e. The molecule has 2 heterocycles. The first kappa shape index (κ1) is 14.1. The second-order valence-corrected chi connectivity index (χ2v) is 4.65. The van der Waals surface area contributed by atoms with E-state index in [0.29, 0.717) is 11.1 Å². The van der Waals surface area contributed by atoms with Crippen LogP contribution in [0.3, 0.4) is 0 Å². The molecule has 0 saturated heterocycles. The Morgan fingerprint density at radius 2 is 1.91 bits per heavy atom. The molecule has 1 aromatic heterocycles. The fourth-order valence-electron chi connectivity index (χ4n) is 2.06. The van der Waals surface area contributed by atoms with Crippen molar-refractivity contribution in [3.63, 3.8) is 0 Å². The molecule has 1 unspecified atom stereocenters. The van der Waals surface area contributed by atoms with Crippen LogP contribution < -0.4 is 0 Å². The van der Waals surface area contributed by atoms with Crippen molar-refractivity contribution < 1.29 is 18.3 Å². The van der Waals surface area contributed by atoms with Crippen LogP contribution in [0.25, 0.3) is 0 Å². The molecule has 1 aliphatic heterocycles. The van der Waals surface area contributed by atoms with Gasteiger partial charge in [0, 0.05) is 30.4 Å². The molecule has 22 heavy (non-hydrogen) atoms. The molecule has 112 valence electrons. The summed E-state index contributed by atoms with van der Waals surface area (Å²) in [5, 5.41) is 5.19. The van der Waals surface area contributed by atoms with E-state index in [2.05, 4.69) is 10.1 Å². The lowest BCUT2D eigenvalue weighted by molar-refractivity contribution is -0.135. The molecule has 0 radical (unpaired) electrons. The van der Waals surface area contributed by atoms with Gasteiger partial charge in [-0.3, -0.25) is 9.78 Å². The number of carbonyl (C=O) groups is 1. The summed E-state index contributed by atoms with van der Waals surface area (Å²) < 4.78 is 32.1. The first-order valence-electron chi connectivity index (χ1n) is 6.46. The molecule has 0 bridgehead atoms. The summed E-state index contributed by atoms with van der Waals surface area (Å²) in [6.45, 7) is 1.31. The number of aromatic nitrogens is 1. The Bertz CT molecular complexity index is 750. The standard InChI is InChI=1S/C15H11F2N3O2/c1-9(21)20-15(11-2-3-12(16)13(17)8-11)22-14(19-20)10-4-6-18-7-5-10/h2-8,15H,1H3. The van der Waals surface area contributed by atoms with E-state index in [4.69, 9.17) is 4.74 Å². The maximum atomic E-state index is 13.4. The first-order chi connectivity index (χ1) is 10.6. The van der Waals surface area contributed by atoms with E-state index in [9.17, 15) is 13.6 Å². The van der Waals surface area contributed by atoms with Gasteiger partial charge in [0.25, 0.3) is 0 Å². The van der Waals surface area contributed by atoms with Gasteiger partial charge >= 0.3 is 0 Å². The van der Waals surface area contributed by atoms with Crippen LogP contribution in [0.4, 0.5) is 8.78 Å². The number of benzene rings is 1. The van der Waals surface area contributed by atoms with Gasteiger partial charge in [0.05, 0.1) is 0 Å². The van der Waals surface area contributed by atoms with Gasteiger partial charge in [-0.15, -0.1) is 5.10 Å². The molecule has 1 aliphatic rings. The molecule has 0 N–H and O–H groups in total. The van der Waals surface area contributed by atoms with E-state index >= 15 is 0 Å². The normalized spacial score (nSPS) is 17.1. The van der Waals surface area contributed by atoms with Gasteiger partial charge in [-0.2, -0.15) is 5.01 Å². The first-order valence-corrected chi connectivity index (χ1v) is 6.46. The number of rotatable bonds is 2. The lowest BCUT2D eigenvalue weighted by Crippen LogP contribution is -2.25. The van der Waals surface area contributed by atoms with E-state index in [0.717, 1.165) is 17.1 Å². The fraction of sp³-hybridized carbons (Fsp3) is 0.133. The maximum absolute atomic E-state index is 13.4. The van der Waals surface area contributed by atoms with Crippen LogP contribution in [0, 0.1) is 11.6 Å². The van der Waals surface area contributed by atoms with Crippen LogP contribution in [-0.2, 0) is 9.53 Å². The summed E-state index contributed by atoms with van der Waals surface area (Å²) in [5.74, 6) is -2.14. The number of carbonyl (C=O) groups excluding carboxylic acids is 1. The minimum absolute atomic E-state index is 0.215.